The van der Waals surface area contributed by atoms with Gasteiger partial charge in [-0.2, -0.15) is 0 Å². The minimum atomic E-state index is -1.10. The van der Waals surface area contributed by atoms with Gasteiger partial charge in [-0.15, -0.1) is 5.10 Å². The van der Waals surface area contributed by atoms with Gasteiger partial charge >= 0.3 is 5.97 Å². The summed E-state index contributed by atoms with van der Waals surface area (Å²) >= 11 is 2.14. The first kappa shape index (κ1) is 14.0. The SMILES string of the molecule is O=C(O)c1cn(C2CN(C(=O)c3ccccc3I)C2)nn1. The predicted molar refractivity (Wildman–Crippen MR) is 81.1 cm³/mol. The number of carboxylic acid groups (broad SMARTS) is 1. The molecular formula is C13H11IN4O3. The molecule has 0 aliphatic carbocycles. The van der Waals surface area contributed by atoms with Crippen LogP contribution >= 0.6 is 22.6 Å². The number of amides is 1. The van der Waals surface area contributed by atoms with E-state index >= 15 is 0 Å². The number of benzene rings is 1. The van der Waals surface area contributed by atoms with E-state index in [0.717, 1.165) is 3.57 Å². The number of aromatic carboxylic acids is 1. The summed E-state index contributed by atoms with van der Waals surface area (Å²) in [5, 5.41) is 16.2. The minimum Gasteiger partial charge on any atom is -0.476 e. The molecule has 1 N–H and O–H groups in total. The largest absolute Gasteiger partial charge is 0.476 e. The fourth-order valence-corrected chi connectivity index (χ4v) is 2.76. The molecule has 0 spiro atoms. The Bertz CT molecular complexity index is 709. The maximum atomic E-state index is 12.3. The van der Waals surface area contributed by atoms with Gasteiger partial charge < -0.3 is 10.0 Å². The van der Waals surface area contributed by atoms with Crippen LogP contribution in [-0.4, -0.2) is 50.0 Å². The predicted octanol–water partition coefficient (Wildman–Crippen LogP) is 1.28. The molecular weight excluding hydrogens is 387 g/mol. The van der Waals surface area contributed by atoms with Crippen LogP contribution in [0.3, 0.4) is 0 Å². The maximum Gasteiger partial charge on any atom is 0.358 e. The molecule has 2 aromatic rings. The average Bonchev–Trinajstić information content (AvgIpc) is 2.87. The summed E-state index contributed by atoms with van der Waals surface area (Å²) in [4.78, 5) is 24.8. The Morgan fingerprint density at radius 2 is 2.00 bits per heavy atom. The Balaban J connectivity index is 1.66. The Hall–Kier alpha value is -1.97. The van der Waals surface area contributed by atoms with E-state index in [1.807, 2.05) is 18.2 Å². The topological polar surface area (TPSA) is 88.3 Å². The summed E-state index contributed by atoms with van der Waals surface area (Å²) in [5.74, 6) is -1.12. The van der Waals surface area contributed by atoms with Crippen LogP contribution in [0.25, 0.3) is 0 Å². The highest BCUT2D eigenvalue weighted by molar-refractivity contribution is 14.1. The van der Waals surface area contributed by atoms with E-state index in [9.17, 15) is 9.59 Å². The molecule has 1 amide bonds. The third-order valence-electron chi connectivity index (χ3n) is 3.36. The van der Waals surface area contributed by atoms with Gasteiger partial charge in [0.15, 0.2) is 5.69 Å². The number of aromatic nitrogens is 3. The van der Waals surface area contributed by atoms with Gasteiger partial charge in [-0.25, -0.2) is 9.48 Å². The number of carboxylic acids is 1. The van der Waals surface area contributed by atoms with Crippen molar-refractivity contribution >= 4 is 34.5 Å². The molecule has 8 heteroatoms. The summed E-state index contributed by atoms with van der Waals surface area (Å²) in [6, 6.07) is 7.40. The third kappa shape index (κ3) is 2.62. The van der Waals surface area contributed by atoms with Crippen molar-refractivity contribution < 1.29 is 14.7 Å². The molecule has 1 aliphatic rings. The van der Waals surface area contributed by atoms with Crippen molar-refractivity contribution in [3.8, 4) is 0 Å². The molecule has 0 radical (unpaired) electrons. The molecule has 0 bridgehead atoms. The van der Waals surface area contributed by atoms with Gasteiger partial charge in [0.1, 0.15) is 0 Å². The van der Waals surface area contributed by atoms with Crippen LogP contribution in [0, 0.1) is 3.57 Å². The van der Waals surface area contributed by atoms with Gasteiger partial charge in [-0.1, -0.05) is 17.3 Å². The zero-order chi connectivity index (χ0) is 15.0. The summed E-state index contributed by atoms with van der Waals surface area (Å²) in [7, 11) is 0. The highest BCUT2D eigenvalue weighted by Gasteiger charge is 2.34. The molecule has 21 heavy (non-hydrogen) atoms. The highest BCUT2D eigenvalue weighted by Crippen LogP contribution is 2.24. The Kier molecular flexibility index (Phi) is 3.62. The molecule has 0 unspecified atom stereocenters. The molecule has 0 saturated carbocycles. The number of hydrogen-bond donors (Lipinski definition) is 1. The van der Waals surface area contributed by atoms with Crippen LogP contribution in [0.4, 0.5) is 0 Å². The maximum absolute atomic E-state index is 12.3. The number of hydrogen-bond acceptors (Lipinski definition) is 4. The van der Waals surface area contributed by atoms with E-state index in [1.165, 1.54) is 10.9 Å². The number of rotatable bonds is 3. The van der Waals surface area contributed by atoms with Gasteiger partial charge in [0, 0.05) is 16.7 Å². The first-order chi connectivity index (χ1) is 10.1. The van der Waals surface area contributed by atoms with Crippen molar-refractivity contribution in [1.29, 1.82) is 0 Å². The van der Waals surface area contributed by atoms with Gasteiger partial charge in [0.05, 0.1) is 17.8 Å². The van der Waals surface area contributed by atoms with Crippen molar-refractivity contribution in [2.24, 2.45) is 0 Å². The Morgan fingerprint density at radius 1 is 1.29 bits per heavy atom. The number of likely N-dealkylation sites (tertiary alicyclic amines) is 1. The van der Waals surface area contributed by atoms with E-state index in [0.29, 0.717) is 18.7 Å². The fraction of sp³-hybridized carbons (Fsp3) is 0.231. The lowest BCUT2D eigenvalue weighted by molar-refractivity contribution is 0.0496. The quantitative estimate of drug-likeness (QED) is 0.788. The molecule has 1 saturated heterocycles. The molecule has 1 aromatic heterocycles. The Morgan fingerprint density at radius 3 is 2.62 bits per heavy atom. The molecule has 2 heterocycles. The van der Waals surface area contributed by atoms with Crippen molar-refractivity contribution in [2.75, 3.05) is 13.1 Å². The van der Waals surface area contributed by atoms with E-state index in [2.05, 4.69) is 32.9 Å². The molecule has 1 aromatic carbocycles. The summed E-state index contributed by atoms with van der Waals surface area (Å²) in [6.07, 6.45) is 1.39. The molecule has 7 nitrogen and oxygen atoms in total. The number of carbonyl (C=O) groups is 2. The second-order valence-corrected chi connectivity index (χ2v) is 5.89. The van der Waals surface area contributed by atoms with Gasteiger partial charge in [-0.3, -0.25) is 4.79 Å². The lowest BCUT2D eigenvalue weighted by atomic mass is 10.1. The van der Waals surface area contributed by atoms with Crippen LogP contribution in [0.15, 0.2) is 30.5 Å². The lowest BCUT2D eigenvalue weighted by Gasteiger charge is -2.39. The monoisotopic (exact) mass is 398 g/mol. The standard InChI is InChI=1S/C13H11IN4O3/c14-10-4-2-1-3-9(10)12(19)17-5-8(6-17)18-7-11(13(20)21)15-16-18/h1-4,7-8H,5-6H2,(H,20,21). The van der Waals surface area contributed by atoms with Crippen LogP contribution in [0.1, 0.15) is 26.9 Å². The summed E-state index contributed by atoms with van der Waals surface area (Å²) < 4.78 is 2.42. The number of nitrogens with zero attached hydrogens (tertiary/aromatic N) is 4. The van der Waals surface area contributed by atoms with E-state index in [-0.39, 0.29) is 17.6 Å². The molecule has 1 fully saturated rings. The molecule has 1 aliphatic heterocycles. The van der Waals surface area contributed by atoms with Gasteiger partial charge in [0.25, 0.3) is 5.91 Å². The normalized spacial score (nSPS) is 14.8. The second-order valence-electron chi connectivity index (χ2n) is 4.73. The lowest BCUT2D eigenvalue weighted by Crippen LogP contribution is -2.51. The van der Waals surface area contributed by atoms with E-state index < -0.39 is 5.97 Å². The summed E-state index contributed by atoms with van der Waals surface area (Å²) in [5.41, 5.74) is 0.596. The van der Waals surface area contributed by atoms with Crippen molar-refractivity contribution in [2.45, 2.75) is 6.04 Å². The number of carbonyl (C=O) groups excluding carboxylic acids is 1. The summed E-state index contributed by atoms with van der Waals surface area (Å²) in [6.45, 7) is 1.01. The van der Waals surface area contributed by atoms with Crippen molar-refractivity contribution in [1.82, 2.24) is 19.9 Å². The first-order valence-electron chi connectivity index (χ1n) is 6.25. The van der Waals surface area contributed by atoms with Gasteiger partial charge in [-0.05, 0) is 34.7 Å². The minimum absolute atomic E-state index is 0.0177. The van der Waals surface area contributed by atoms with Crippen LogP contribution in [0.2, 0.25) is 0 Å². The average molecular weight is 398 g/mol. The molecule has 108 valence electrons. The second kappa shape index (κ2) is 5.43. The first-order valence-corrected chi connectivity index (χ1v) is 7.33. The molecule has 0 atom stereocenters. The smallest absolute Gasteiger partial charge is 0.358 e. The van der Waals surface area contributed by atoms with Crippen LogP contribution < -0.4 is 0 Å². The molecule has 3 rings (SSSR count). The zero-order valence-corrected chi connectivity index (χ0v) is 13.0. The Labute approximate surface area is 133 Å². The number of halogens is 1. The van der Waals surface area contributed by atoms with E-state index in [1.54, 1.807) is 11.0 Å². The van der Waals surface area contributed by atoms with Crippen molar-refractivity contribution in [3.63, 3.8) is 0 Å². The fourth-order valence-electron chi connectivity index (χ4n) is 2.15. The zero-order valence-electron chi connectivity index (χ0n) is 10.8. The van der Waals surface area contributed by atoms with E-state index in [4.69, 9.17) is 5.11 Å². The van der Waals surface area contributed by atoms with Crippen LogP contribution in [-0.2, 0) is 0 Å². The van der Waals surface area contributed by atoms with Gasteiger partial charge in [0.2, 0.25) is 0 Å². The van der Waals surface area contributed by atoms with Crippen molar-refractivity contribution in [3.05, 3.63) is 45.3 Å². The van der Waals surface area contributed by atoms with Crippen LogP contribution in [0.5, 0.6) is 0 Å². The highest BCUT2D eigenvalue weighted by atomic mass is 127. The third-order valence-corrected chi connectivity index (χ3v) is 4.30.